The maximum atomic E-state index is 2.41. The average molecular weight is 559 g/mol. The molecule has 0 radical (unpaired) electrons. The molecule has 0 bridgehead atoms. The number of hydrogen-bond donors (Lipinski definition) is 0. The fourth-order valence-electron chi connectivity index (χ4n) is 7.63. The third kappa shape index (κ3) is 3.92. The molecule has 0 aromatic heterocycles. The molecule has 7 aromatic carbocycles. The lowest BCUT2D eigenvalue weighted by Gasteiger charge is -2.15. The zero-order valence-corrected chi connectivity index (χ0v) is 24.3. The van der Waals surface area contributed by atoms with E-state index in [-0.39, 0.29) is 11.8 Å². The highest BCUT2D eigenvalue weighted by atomic mass is 14.3. The molecule has 2 aliphatic carbocycles. The van der Waals surface area contributed by atoms with Crippen molar-refractivity contribution in [3.8, 4) is 44.5 Å². The Morgan fingerprint density at radius 3 is 1.27 bits per heavy atom. The number of rotatable bonds is 4. The Morgan fingerprint density at radius 1 is 0.250 bits per heavy atom. The van der Waals surface area contributed by atoms with Crippen molar-refractivity contribution < 1.29 is 0 Å². The van der Waals surface area contributed by atoms with E-state index in [2.05, 4.69) is 170 Å². The van der Waals surface area contributed by atoms with Crippen molar-refractivity contribution >= 4 is 0 Å². The zero-order valence-electron chi connectivity index (χ0n) is 24.3. The van der Waals surface area contributed by atoms with Crippen LogP contribution in [0.5, 0.6) is 0 Å². The van der Waals surface area contributed by atoms with Gasteiger partial charge in [0.05, 0.1) is 0 Å². The molecule has 44 heavy (non-hydrogen) atoms. The van der Waals surface area contributed by atoms with Crippen molar-refractivity contribution in [1.29, 1.82) is 0 Å². The second-order valence-corrected chi connectivity index (χ2v) is 12.0. The first-order valence-corrected chi connectivity index (χ1v) is 15.5. The summed E-state index contributed by atoms with van der Waals surface area (Å²) in [4.78, 5) is 0. The van der Waals surface area contributed by atoms with E-state index in [0.717, 1.165) is 0 Å². The largest absolute Gasteiger partial charge is 0.0622 e. The van der Waals surface area contributed by atoms with E-state index < -0.39 is 0 Å². The van der Waals surface area contributed by atoms with Gasteiger partial charge >= 0.3 is 0 Å². The molecule has 0 heteroatoms. The van der Waals surface area contributed by atoms with E-state index in [4.69, 9.17) is 0 Å². The average Bonchev–Trinajstić information content (AvgIpc) is 3.61. The van der Waals surface area contributed by atoms with Crippen LogP contribution >= 0.6 is 0 Å². The topological polar surface area (TPSA) is 0 Å². The molecule has 0 heterocycles. The molecule has 2 atom stereocenters. The van der Waals surface area contributed by atoms with Crippen molar-refractivity contribution in [2.45, 2.75) is 11.8 Å². The summed E-state index contributed by atoms with van der Waals surface area (Å²) in [5.74, 6) is 0.542. The van der Waals surface area contributed by atoms with E-state index in [0.29, 0.717) is 0 Å². The Balaban J connectivity index is 1.08. The summed E-state index contributed by atoms with van der Waals surface area (Å²) in [5.41, 5.74) is 18.7. The molecule has 9 rings (SSSR count). The third-order valence-electron chi connectivity index (χ3n) is 9.67. The standard InChI is InChI=1S/C44H30/c1-3-11-31(12-4-1)43-39-18-10-8-16-36(39)41-27-33(24-26-40(41)43)29-19-21-30(22-20-29)34-23-25-37-35-15-7-9-17-38(35)44(42(37)28-34)32-13-5-2-6-14-32/h1-28,43-44H. The molecule has 0 spiro atoms. The van der Waals surface area contributed by atoms with Crippen LogP contribution in [-0.4, -0.2) is 0 Å². The Kier molecular flexibility index (Phi) is 5.74. The molecule has 0 fully saturated rings. The van der Waals surface area contributed by atoms with Gasteiger partial charge < -0.3 is 0 Å². The first-order valence-electron chi connectivity index (χ1n) is 15.5. The minimum absolute atomic E-state index is 0.260. The highest BCUT2D eigenvalue weighted by Crippen LogP contribution is 2.50. The summed E-state index contributed by atoms with van der Waals surface area (Å²) in [6, 6.07) is 62.8. The summed E-state index contributed by atoms with van der Waals surface area (Å²) >= 11 is 0. The van der Waals surface area contributed by atoms with Gasteiger partial charge in [-0.3, -0.25) is 0 Å². The smallest absolute Gasteiger partial charge is 0.0352 e. The molecule has 206 valence electrons. The maximum absolute atomic E-state index is 2.41. The van der Waals surface area contributed by atoms with Gasteiger partial charge in [-0.15, -0.1) is 0 Å². The van der Waals surface area contributed by atoms with Crippen LogP contribution < -0.4 is 0 Å². The molecule has 7 aromatic rings. The van der Waals surface area contributed by atoms with E-state index in [1.165, 1.54) is 77.9 Å². The van der Waals surface area contributed by atoms with Crippen molar-refractivity contribution in [3.05, 3.63) is 203 Å². The first-order chi connectivity index (χ1) is 21.8. The van der Waals surface area contributed by atoms with Crippen molar-refractivity contribution in [2.24, 2.45) is 0 Å². The molecule has 0 nitrogen and oxygen atoms in total. The van der Waals surface area contributed by atoms with Crippen LogP contribution in [0.15, 0.2) is 170 Å². The Bertz CT molecular complexity index is 2150. The van der Waals surface area contributed by atoms with E-state index in [1.807, 2.05) is 0 Å². The third-order valence-corrected chi connectivity index (χ3v) is 9.67. The second kappa shape index (κ2) is 10.1. The second-order valence-electron chi connectivity index (χ2n) is 12.0. The van der Waals surface area contributed by atoms with E-state index >= 15 is 0 Å². The summed E-state index contributed by atoms with van der Waals surface area (Å²) in [5, 5.41) is 0. The zero-order chi connectivity index (χ0) is 29.0. The fraction of sp³-hybridized carbons (Fsp3) is 0.0455. The van der Waals surface area contributed by atoms with Crippen LogP contribution in [0.25, 0.3) is 44.5 Å². The monoisotopic (exact) mass is 558 g/mol. The highest BCUT2D eigenvalue weighted by Gasteiger charge is 2.31. The van der Waals surface area contributed by atoms with Crippen LogP contribution in [0, 0.1) is 0 Å². The molecule has 0 N–H and O–H groups in total. The molecular formula is C44H30. The lowest BCUT2D eigenvalue weighted by molar-refractivity contribution is 1.02. The van der Waals surface area contributed by atoms with Crippen LogP contribution in [0.4, 0.5) is 0 Å². The minimum atomic E-state index is 0.260. The van der Waals surface area contributed by atoms with E-state index in [9.17, 15) is 0 Å². The molecular weight excluding hydrogens is 528 g/mol. The van der Waals surface area contributed by atoms with Gasteiger partial charge in [0.2, 0.25) is 0 Å². The van der Waals surface area contributed by atoms with Gasteiger partial charge in [0.25, 0.3) is 0 Å². The predicted octanol–water partition coefficient (Wildman–Crippen LogP) is 11.3. The fourth-order valence-corrected chi connectivity index (χ4v) is 7.63. The van der Waals surface area contributed by atoms with E-state index in [1.54, 1.807) is 0 Å². The minimum Gasteiger partial charge on any atom is -0.0622 e. The summed E-state index contributed by atoms with van der Waals surface area (Å²) < 4.78 is 0. The normalized spacial score (nSPS) is 15.7. The molecule has 0 aliphatic heterocycles. The van der Waals surface area contributed by atoms with Crippen LogP contribution in [0.3, 0.4) is 0 Å². The van der Waals surface area contributed by atoms with Gasteiger partial charge in [-0.2, -0.15) is 0 Å². The highest BCUT2D eigenvalue weighted by molar-refractivity contribution is 5.86. The number of benzene rings is 7. The molecule has 2 unspecified atom stereocenters. The van der Waals surface area contributed by atoms with Crippen LogP contribution in [0.1, 0.15) is 45.2 Å². The lowest BCUT2D eigenvalue weighted by atomic mass is 9.88. The predicted molar refractivity (Wildman–Crippen MR) is 183 cm³/mol. The van der Waals surface area contributed by atoms with Crippen molar-refractivity contribution in [2.75, 3.05) is 0 Å². The number of hydrogen-bond acceptors (Lipinski definition) is 0. The molecule has 0 saturated heterocycles. The molecule has 0 amide bonds. The Labute approximate surface area is 258 Å². The summed E-state index contributed by atoms with van der Waals surface area (Å²) in [6.45, 7) is 0. The van der Waals surface area contributed by atoms with Crippen molar-refractivity contribution in [3.63, 3.8) is 0 Å². The van der Waals surface area contributed by atoms with Crippen molar-refractivity contribution in [1.82, 2.24) is 0 Å². The SMILES string of the molecule is c1ccc(C2c3ccccc3-c3cc(-c4ccc(-c5ccc6c(c5)C(c5ccccc5)c5ccccc5-6)cc4)ccc32)cc1. The Morgan fingerprint density at radius 2 is 0.659 bits per heavy atom. The van der Waals surface area contributed by atoms with Gasteiger partial charge in [-0.25, -0.2) is 0 Å². The quantitative estimate of drug-likeness (QED) is 0.201. The van der Waals surface area contributed by atoms with Gasteiger partial charge in [0, 0.05) is 11.8 Å². The number of fused-ring (bicyclic) bond motifs is 6. The van der Waals surface area contributed by atoms with Gasteiger partial charge in [0.15, 0.2) is 0 Å². The Hall–Kier alpha value is -5.46. The first kappa shape index (κ1) is 25.1. The maximum Gasteiger partial charge on any atom is 0.0352 e. The molecule has 0 saturated carbocycles. The van der Waals surface area contributed by atoms with Crippen LogP contribution in [-0.2, 0) is 0 Å². The lowest BCUT2D eigenvalue weighted by Crippen LogP contribution is -1.99. The van der Waals surface area contributed by atoms with Gasteiger partial charge in [0.1, 0.15) is 0 Å². The van der Waals surface area contributed by atoms with Gasteiger partial charge in [-0.05, 0) is 90.0 Å². The van der Waals surface area contributed by atoms with Crippen LogP contribution in [0.2, 0.25) is 0 Å². The molecule has 2 aliphatic rings. The summed E-state index contributed by atoms with van der Waals surface area (Å²) in [6.07, 6.45) is 0. The summed E-state index contributed by atoms with van der Waals surface area (Å²) in [7, 11) is 0. The van der Waals surface area contributed by atoms with Gasteiger partial charge in [-0.1, -0.05) is 158 Å².